The minimum atomic E-state index is 0.0139. The third-order valence-electron chi connectivity index (χ3n) is 2.85. The van der Waals surface area contributed by atoms with Crippen molar-refractivity contribution in [2.45, 2.75) is 25.3 Å². The van der Waals surface area contributed by atoms with Crippen LogP contribution in [0.4, 0.5) is 0 Å². The van der Waals surface area contributed by atoms with Gasteiger partial charge in [0.2, 0.25) is 5.91 Å². The molecule has 0 heterocycles. The molecule has 1 aliphatic rings. The summed E-state index contributed by atoms with van der Waals surface area (Å²) in [5.74, 6) is 0.276. The summed E-state index contributed by atoms with van der Waals surface area (Å²) < 4.78 is 0. The van der Waals surface area contributed by atoms with Crippen molar-refractivity contribution in [1.29, 1.82) is 0 Å². The van der Waals surface area contributed by atoms with Gasteiger partial charge in [-0.2, -0.15) is 12.6 Å². The summed E-state index contributed by atoms with van der Waals surface area (Å²) in [6.07, 6.45) is 3.31. The van der Waals surface area contributed by atoms with E-state index < -0.39 is 0 Å². The molecule has 0 aromatic heterocycles. The molecule has 0 aliphatic heterocycles. The Kier molecular flexibility index (Phi) is 3.31. The van der Waals surface area contributed by atoms with Gasteiger partial charge in [0.1, 0.15) is 0 Å². The highest BCUT2D eigenvalue weighted by atomic mass is 32.1. The highest BCUT2D eigenvalue weighted by Crippen LogP contribution is 2.29. The number of hydrogen-bond acceptors (Lipinski definition) is 2. The van der Waals surface area contributed by atoms with Crippen LogP contribution in [0.3, 0.4) is 0 Å². The smallest absolute Gasteiger partial charge is 0.230 e. The quantitative estimate of drug-likeness (QED) is 0.736. The normalized spacial score (nSPS) is 19.4. The fraction of sp³-hybridized carbons (Fsp3) is 0.417. The average molecular weight is 221 g/mol. The van der Waals surface area contributed by atoms with Crippen LogP contribution in [0, 0.1) is 0 Å². The predicted molar refractivity (Wildman–Crippen MR) is 64.1 cm³/mol. The van der Waals surface area contributed by atoms with Gasteiger partial charge in [-0.25, -0.2) is 0 Å². The highest BCUT2D eigenvalue weighted by molar-refractivity contribution is 7.81. The first kappa shape index (κ1) is 10.6. The van der Waals surface area contributed by atoms with Gasteiger partial charge in [0.05, 0.1) is 11.8 Å². The lowest BCUT2D eigenvalue weighted by Crippen LogP contribution is -2.31. The summed E-state index contributed by atoms with van der Waals surface area (Å²) in [6, 6.07) is 8.53. The van der Waals surface area contributed by atoms with Crippen molar-refractivity contribution in [3.63, 3.8) is 0 Å². The topological polar surface area (TPSA) is 29.1 Å². The molecule has 1 amide bonds. The van der Waals surface area contributed by atoms with Gasteiger partial charge < -0.3 is 5.32 Å². The predicted octanol–water partition coefficient (Wildman–Crippen LogP) is 2.11. The molecule has 2 nitrogen and oxygen atoms in total. The minimum absolute atomic E-state index is 0.0139. The van der Waals surface area contributed by atoms with E-state index in [1.807, 2.05) is 6.07 Å². The molecular formula is C12H15NOS. The fourth-order valence-electron chi connectivity index (χ4n) is 2.14. The van der Waals surface area contributed by atoms with E-state index in [1.54, 1.807) is 0 Å². The van der Waals surface area contributed by atoms with Crippen LogP contribution in [0.25, 0.3) is 0 Å². The number of benzene rings is 1. The summed E-state index contributed by atoms with van der Waals surface area (Å²) in [5.41, 5.74) is 2.65. The molecule has 3 heteroatoms. The van der Waals surface area contributed by atoms with Gasteiger partial charge in [0.25, 0.3) is 0 Å². The Morgan fingerprint density at radius 3 is 3.07 bits per heavy atom. The Balaban J connectivity index is 2.18. The van der Waals surface area contributed by atoms with Crippen molar-refractivity contribution in [2.24, 2.45) is 0 Å². The van der Waals surface area contributed by atoms with E-state index in [1.165, 1.54) is 11.1 Å². The Hall–Kier alpha value is -0.960. The lowest BCUT2D eigenvalue weighted by molar-refractivity contribution is -0.119. The molecule has 1 atom stereocenters. The van der Waals surface area contributed by atoms with Crippen LogP contribution in [-0.4, -0.2) is 11.7 Å². The molecule has 0 unspecified atom stereocenters. The van der Waals surface area contributed by atoms with Gasteiger partial charge >= 0.3 is 0 Å². The minimum Gasteiger partial charge on any atom is -0.349 e. The Labute approximate surface area is 95.5 Å². The number of carbonyl (C=O) groups is 1. The van der Waals surface area contributed by atoms with Crippen molar-refractivity contribution in [1.82, 2.24) is 5.32 Å². The molecule has 0 spiro atoms. The molecule has 0 fully saturated rings. The first-order valence-electron chi connectivity index (χ1n) is 5.29. The van der Waals surface area contributed by atoms with Crippen LogP contribution in [0.5, 0.6) is 0 Å². The van der Waals surface area contributed by atoms with Crippen molar-refractivity contribution in [3.05, 3.63) is 35.4 Å². The van der Waals surface area contributed by atoms with Crippen molar-refractivity contribution >= 4 is 18.5 Å². The SMILES string of the molecule is O=C(CS)N[C@@H]1CCCc2ccccc21. The molecule has 0 bridgehead atoms. The molecule has 2 rings (SSSR count). The van der Waals surface area contributed by atoms with E-state index in [9.17, 15) is 4.79 Å². The molecule has 15 heavy (non-hydrogen) atoms. The first-order valence-corrected chi connectivity index (χ1v) is 5.92. The maximum Gasteiger partial charge on any atom is 0.230 e. The third-order valence-corrected chi connectivity index (χ3v) is 3.14. The second-order valence-electron chi connectivity index (χ2n) is 3.87. The Morgan fingerprint density at radius 2 is 2.27 bits per heavy atom. The van der Waals surface area contributed by atoms with E-state index in [0.29, 0.717) is 0 Å². The Morgan fingerprint density at radius 1 is 1.47 bits per heavy atom. The van der Waals surface area contributed by atoms with Gasteiger partial charge in [-0.3, -0.25) is 4.79 Å². The number of aryl methyl sites for hydroxylation is 1. The van der Waals surface area contributed by atoms with Gasteiger partial charge in [-0.15, -0.1) is 0 Å². The van der Waals surface area contributed by atoms with Crippen molar-refractivity contribution in [2.75, 3.05) is 5.75 Å². The summed E-state index contributed by atoms with van der Waals surface area (Å²) in [6.45, 7) is 0. The number of fused-ring (bicyclic) bond motifs is 1. The van der Waals surface area contributed by atoms with Gasteiger partial charge in [0.15, 0.2) is 0 Å². The number of hydrogen-bond donors (Lipinski definition) is 2. The second-order valence-corrected chi connectivity index (χ2v) is 4.19. The zero-order valence-electron chi connectivity index (χ0n) is 8.57. The summed E-state index contributed by atoms with van der Waals surface area (Å²) in [5, 5.41) is 3.01. The zero-order valence-corrected chi connectivity index (χ0v) is 9.47. The van der Waals surface area contributed by atoms with E-state index in [2.05, 4.69) is 36.1 Å². The van der Waals surface area contributed by atoms with Crippen LogP contribution < -0.4 is 5.32 Å². The van der Waals surface area contributed by atoms with Crippen LogP contribution in [-0.2, 0) is 11.2 Å². The largest absolute Gasteiger partial charge is 0.349 e. The molecule has 1 aromatic rings. The molecular weight excluding hydrogens is 206 g/mol. The number of nitrogens with one attached hydrogen (secondary N) is 1. The first-order chi connectivity index (χ1) is 7.31. The lowest BCUT2D eigenvalue weighted by Gasteiger charge is -2.26. The summed E-state index contributed by atoms with van der Waals surface area (Å²) in [7, 11) is 0. The molecule has 1 aromatic carbocycles. The molecule has 1 aliphatic carbocycles. The lowest BCUT2D eigenvalue weighted by atomic mass is 9.88. The number of amides is 1. The maximum absolute atomic E-state index is 11.3. The molecule has 1 N–H and O–H groups in total. The third kappa shape index (κ3) is 2.34. The summed E-state index contributed by atoms with van der Waals surface area (Å²) >= 11 is 3.97. The highest BCUT2D eigenvalue weighted by Gasteiger charge is 2.20. The molecule has 80 valence electrons. The van der Waals surface area contributed by atoms with E-state index in [4.69, 9.17) is 0 Å². The number of rotatable bonds is 2. The second kappa shape index (κ2) is 4.71. The van der Waals surface area contributed by atoms with E-state index in [-0.39, 0.29) is 17.7 Å². The van der Waals surface area contributed by atoms with Crippen molar-refractivity contribution in [3.8, 4) is 0 Å². The van der Waals surface area contributed by atoms with Crippen LogP contribution in [0.1, 0.15) is 30.0 Å². The summed E-state index contributed by atoms with van der Waals surface area (Å²) in [4.78, 5) is 11.3. The average Bonchev–Trinajstić information content (AvgIpc) is 2.29. The van der Waals surface area contributed by atoms with Gasteiger partial charge in [-0.05, 0) is 30.4 Å². The van der Waals surface area contributed by atoms with Crippen molar-refractivity contribution < 1.29 is 4.79 Å². The van der Waals surface area contributed by atoms with Crippen LogP contribution in [0.15, 0.2) is 24.3 Å². The maximum atomic E-state index is 11.3. The number of carbonyl (C=O) groups excluding carboxylic acids is 1. The fourth-order valence-corrected chi connectivity index (χ4v) is 2.24. The van der Waals surface area contributed by atoms with Gasteiger partial charge in [-0.1, -0.05) is 24.3 Å². The monoisotopic (exact) mass is 221 g/mol. The van der Waals surface area contributed by atoms with Crippen LogP contribution in [0.2, 0.25) is 0 Å². The van der Waals surface area contributed by atoms with E-state index >= 15 is 0 Å². The van der Waals surface area contributed by atoms with Crippen LogP contribution >= 0.6 is 12.6 Å². The van der Waals surface area contributed by atoms with Gasteiger partial charge in [0, 0.05) is 0 Å². The zero-order chi connectivity index (χ0) is 10.7. The Bertz CT molecular complexity index is 364. The molecule has 0 saturated heterocycles. The molecule has 0 saturated carbocycles. The molecule has 0 radical (unpaired) electrons. The number of thiol groups is 1. The standard InChI is InChI=1S/C12H15NOS/c14-12(8-15)13-11-7-3-5-9-4-1-2-6-10(9)11/h1-2,4,6,11,15H,3,5,7-8H2,(H,13,14)/t11-/m1/s1. The van der Waals surface area contributed by atoms with E-state index in [0.717, 1.165) is 19.3 Å².